The van der Waals surface area contributed by atoms with E-state index < -0.39 is 0 Å². The summed E-state index contributed by atoms with van der Waals surface area (Å²) < 4.78 is 0. The zero-order valence-electron chi connectivity index (χ0n) is 6.01. The molecule has 0 fully saturated rings. The molecule has 4 heteroatoms. The van der Waals surface area contributed by atoms with Crippen molar-refractivity contribution in [2.24, 2.45) is 0 Å². The molecular formula is C8H5Cl2NO. The van der Waals surface area contributed by atoms with Crippen molar-refractivity contribution >= 4 is 23.2 Å². The minimum absolute atomic E-state index is 0.0862. The first kappa shape index (κ1) is 9.18. The molecule has 0 spiro atoms. The Morgan fingerprint density at radius 2 is 2.17 bits per heavy atom. The Kier molecular flexibility index (Phi) is 2.80. The van der Waals surface area contributed by atoms with Gasteiger partial charge in [-0.2, -0.15) is 5.26 Å². The highest BCUT2D eigenvalue weighted by Crippen LogP contribution is 2.27. The Labute approximate surface area is 80.0 Å². The third-order valence-electron chi connectivity index (χ3n) is 1.42. The van der Waals surface area contributed by atoms with Gasteiger partial charge in [0.05, 0.1) is 11.4 Å². The molecule has 0 aromatic heterocycles. The van der Waals surface area contributed by atoms with E-state index in [2.05, 4.69) is 0 Å². The van der Waals surface area contributed by atoms with Crippen molar-refractivity contribution in [1.29, 1.82) is 5.26 Å². The van der Waals surface area contributed by atoms with Crippen molar-refractivity contribution < 1.29 is 5.11 Å². The minimum Gasteiger partial charge on any atom is -0.506 e. The Morgan fingerprint density at radius 3 is 2.67 bits per heavy atom. The van der Waals surface area contributed by atoms with Gasteiger partial charge in [-0.1, -0.05) is 11.6 Å². The monoisotopic (exact) mass is 201 g/mol. The maximum Gasteiger partial charge on any atom is 0.137 e. The van der Waals surface area contributed by atoms with Crippen LogP contribution in [0.1, 0.15) is 11.1 Å². The molecule has 0 heterocycles. The van der Waals surface area contributed by atoms with E-state index in [-0.39, 0.29) is 17.2 Å². The third-order valence-corrected chi connectivity index (χ3v) is 1.92. The van der Waals surface area contributed by atoms with Crippen LogP contribution in [0.5, 0.6) is 5.75 Å². The average Bonchev–Trinajstić information content (AvgIpc) is 2.08. The Morgan fingerprint density at radius 1 is 1.50 bits per heavy atom. The van der Waals surface area contributed by atoms with E-state index in [9.17, 15) is 5.11 Å². The molecule has 12 heavy (non-hydrogen) atoms. The summed E-state index contributed by atoms with van der Waals surface area (Å²) in [6.45, 7) is 0. The fourth-order valence-electron chi connectivity index (χ4n) is 0.843. The number of aromatic hydroxyl groups is 1. The fourth-order valence-corrected chi connectivity index (χ4v) is 1.29. The van der Waals surface area contributed by atoms with Gasteiger partial charge in [0.25, 0.3) is 0 Å². The summed E-state index contributed by atoms with van der Waals surface area (Å²) in [4.78, 5) is 0. The average molecular weight is 202 g/mol. The van der Waals surface area contributed by atoms with Gasteiger partial charge in [-0.25, -0.2) is 0 Å². The summed E-state index contributed by atoms with van der Waals surface area (Å²) in [6.07, 6.45) is 0. The van der Waals surface area contributed by atoms with Gasteiger partial charge in [-0.15, -0.1) is 11.6 Å². The van der Waals surface area contributed by atoms with Crippen LogP contribution in [0.4, 0.5) is 0 Å². The molecule has 1 aromatic carbocycles. The smallest absolute Gasteiger partial charge is 0.137 e. The fraction of sp³-hybridized carbons (Fsp3) is 0.125. The van der Waals surface area contributed by atoms with Gasteiger partial charge in [0.15, 0.2) is 0 Å². The summed E-state index contributed by atoms with van der Waals surface area (Å²) in [6, 6.07) is 4.75. The number of rotatable bonds is 1. The van der Waals surface area contributed by atoms with Crippen molar-refractivity contribution in [1.82, 2.24) is 0 Å². The molecule has 1 N–H and O–H groups in total. The predicted octanol–water partition coefficient (Wildman–Crippen LogP) is 2.66. The molecule has 0 aliphatic rings. The number of phenols is 1. The van der Waals surface area contributed by atoms with E-state index in [0.29, 0.717) is 10.6 Å². The summed E-state index contributed by atoms with van der Waals surface area (Å²) in [5.41, 5.74) is 0.624. The molecule has 0 bridgehead atoms. The van der Waals surface area contributed by atoms with Crippen molar-refractivity contribution in [3.05, 3.63) is 28.3 Å². The second-order valence-electron chi connectivity index (χ2n) is 2.21. The molecule has 0 radical (unpaired) electrons. The Bertz CT molecular complexity index is 344. The van der Waals surface area contributed by atoms with Crippen molar-refractivity contribution in [3.63, 3.8) is 0 Å². The van der Waals surface area contributed by atoms with Gasteiger partial charge in [0, 0.05) is 10.6 Å². The second-order valence-corrected chi connectivity index (χ2v) is 2.91. The largest absolute Gasteiger partial charge is 0.506 e. The normalized spacial score (nSPS) is 9.42. The van der Waals surface area contributed by atoms with Crippen LogP contribution in [0.25, 0.3) is 0 Å². The van der Waals surface area contributed by atoms with Crippen molar-refractivity contribution in [2.75, 3.05) is 0 Å². The standard InChI is InChI=1S/C8H5Cl2NO/c9-3-5-1-7(10)2-6(4-11)8(5)12/h1-2,12H,3H2. The topological polar surface area (TPSA) is 44.0 Å². The zero-order valence-corrected chi connectivity index (χ0v) is 7.52. The lowest BCUT2D eigenvalue weighted by molar-refractivity contribution is 0.469. The van der Waals surface area contributed by atoms with Crippen LogP contribution in [-0.2, 0) is 5.88 Å². The first-order valence-electron chi connectivity index (χ1n) is 3.16. The number of alkyl halides is 1. The summed E-state index contributed by atoms with van der Waals surface area (Å²) in [5, 5.41) is 18.3. The van der Waals surface area contributed by atoms with Crippen LogP contribution in [0.15, 0.2) is 12.1 Å². The maximum atomic E-state index is 9.35. The van der Waals surface area contributed by atoms with Gasteiger partial charge in [-0.3, -0.25) is 0 Å². The van der Waals surface area contributed by atoms with Gasteiger partial charge < -0.3 is 5.11 Å². The van der Waals surface area contributed by atoms with Gasteiger partial charge in [-0.05, 0) is 12.1 Å². The zero-order chi connectivity index (χ0) is 9.14. The van der Waals surface area contributed by atoms with Gasteiger partial charge in [0.1, 0.15) is 11.8 Å². The highest BCUT2D eigenvalue weighted by atomic mass is 35.5. The number of phenolic OH excluding ortho intramolecular Hbond substituents is 1. The van der Waals surface area contributed by atoms with E-state index >= 15 is 0 Å². The lowest BCUT2D eigenvalue weighted by atomic mass is 10.1. The predicted molar refractivity (Wildman–Crippen MR) is 47.4 cm³/mol. The van der Waals surface area contributed by atoms with Crippen molar-refractivity contribution in [3.8, 4) is 11.8 Å². The molecule has 0 saturated heterocycles. The van der Waals surface area contributed by atoms with Crippen LogP contribution in [0.3, 0.4) is 0 Å². The molecular weight excluding hydrogens is 197 g/mol. The third kappa shape index (κ3) is 1.63. The van der Waals surface area contributed by atoms with Crippen LogP contribution in [0, 0.1) is 11.3 Å². The maximum absolute atomic E-state index is 9.35. The van der Waals surface area contributed by atoms with Crippen molar-refractivity contribution in [2.45, 2.75) is 5.88 Å². The van der Waals surface area contributed by atoms with Gasteiger partial charge in [0.2, 0.25) is 0 Å². The molecule has 0 unspecified atom stereocenters. The number of benzene rings is 1. The molecule has 0 saturated carbocycles. The van der Waals surface area contributed by atoms with Gasteiger partial charge >= 0.3 is 0 Å². The second kappa shape index (κ2) is 3.66. The minimum atomic E-state index is -0.0862. The number of nitrogens with zero attached hydrogens (tertiary/aromatic N) is 1. The molecule has 0 aliphatic heterocycles. The Hall–Kier alpha value is -0.910. The van der Waals surface area contributed by atoms with Crippen LogP contribution in [-0.4, -0.2) is 5.11 Å². The van der Waals surface area contributed by atoms with E-state index in [0.717, 1.165) is 0 Å². The summed E-state index contributed by atoms with van der Waals surface area (Å²) >= 11 is 11.2. The lowest BCUT2D eigenvalue weighted by Gasteiger charge is -2.02. The molecule has 1 aromatic rings. The molecule has 0 amide bonds. The number of hydrogen-bond acceptors (Lipinski definition) is 2. The molecule has 62 valence electrons. The summed E-state index contributed by atoms with van der Waals surface area (Å²) in [7, 11) is 0. The van der Waals surface area contributed by atoms with Crippen LogP contribution in [0.2, 0.25) is 5.02 Å². The lowest BCUT2D eigenvalue weighted by Crippen LogP contribution is -1.84. The highest BCUT2D eigenvalue weighted by Gasteiger charge is 2.07. The van der Waals surface area contributed by atoms with Crippen LogP contribution < -0.4 is 0 Å². The number of nitriles is 1. The summed E-state index contributed by atoms with van der Waals surface area (Å²) in [5.74, 6) is 0.0538. The molecule has 2 nitrogen and oxygen atoms in total. The van der Waals surface area contributed by atoms with Crippen LogP contribution >= 0.6 is 23.2 Å². The van der Waals surface area contributed by atoms with E-state index in [1.165, 1.54) is 12.1 Å². The first-order valence-corrected chi connectivity index (χ1v) is 4.07. The SMILES string of the molecule is N#Cc1cc(Cl)cc(CCl)c1O. The van der Waals surface area contributed by atoms with E-state index in [1.54, 1.807) is 0 Å². The quantitative estimate of drug-likeness (QED) is 0.711. The molecule has 1 rings (SSSR count). The van der Waals surface area contributed by atoms with E-state index in [4.69, 9.17) is 28.5 Å². The van der Waals surface area contributed by atoms with E-state index in [1.807, 2.05) is 6.07 Å². The molecule has 0 atom stereocenters. The number of hydrogen-bond donors (Lipinski definition) is 1. The number of halogens is 2. The highest BCUT2D eigenvalue weighted by molar-refractivity contribution is 6.31. The Balaban J connectivity index is 3.34. The molecule has 0 aliphatic carbocycles. The first-order chi connectivity index (χ1) is 5.69.